The van der Waals surface area contributed by atoms with Gasteiger partial charge in [-0.2, -0.15) is 5.26 Å². The largest absolute Gasteiger partial charge is 0.374 e. The smallest absolute Gasteiger partial charge is 0.101 e. The summed E-state index contributed by atoms with van der Waals surface area (Å²) in [5, 5.41) is 9.61. The topological polar surface area (TPSA) is 27.0 Å². The molecule has 0 aliphatic carbocycles. The Balaban J connectivity index is 2.78. The van der Waals surface area contributed by atoms with E-state index in [1.54, 1.807) is 6.07 Å². The average molecular weight is 235 g/mol. The van der Waals surface area contributed by atoms with Crippen LogP contribution in [0, 0.1) is 11.3 Å². The molecule has 0 bridgehead atoms. The van der Waals surface area contributed by atoms with Crippen LogP contribution in [0.5, 0.6) is 0 Å². The minimum absolute atomic E-state index is 0.597. The molecule has 0 saturated carbocycles. The standard InChI is InChI=1S/C13H15ClN2/c1-3-4-5-8-16(2)13-7-6-12(14)9-11(13)10-15/h3,6-7,9H,1,4-5,8H2,2H3. The van der Waals surface area contributed by atoms with Gasteiger partial charge < -0.3 is 4.90 Å². The molecule has 0 N–H and O–H groups in total. The first-order valence-corrected chi connectivity index (χ1v) is 5.58. The summed E-state index contributed by atoms with van der Waals surface area (Å²) in [5.41, 5.74) is 1.55. The van der Waals surface area contributed by atoms with Crippen LogP contribution in [0.15, 0.2) is 30.9 Å². The highest BCUT2D eigenvalue weighted by Crippen LogP contribution is 2.23. The SMILES string of the molecule is C=CCCCN(C)c1ccc(Cl)cc1C#N. The highest BCUT2D eigenvalue weighted by Gasteiger charge is 2.07. The number of hydrogen-bond acceptors (Lipinski definition) is 2. The maximum Gasteiger partial charge on any atom is 0.101 e. The molecule has 0 aliphatic heterocycles. The van der Waals surface area contributed by atoms with Crippen molar-refractivity contribution in [2.45, 2.75) is 12.8 Å². The average Bonchev–Trinajstić information content (AvgIpc) is 2.29. The van der Waals surface area contributed by atoms with Crippen LogP contribution in [0.3, 0.4) is 0 Å². The molecule has 3 heteroatoms. The molecular weight excluding hydrogens is 220 g/mol. The molecule has 0 saturated heterocycles. The summed E-state index contributed by atoms with van der Waals surface area (Å²) >= 11 is 5.84. The molecule has 84 valence electrons. The third kappa shape index (κ3) is 3.29. The zero-order chi connectivity index (χ0) is 12.0. The van der Waals surface area contributed by atoms with Crippen LogP contribution in [0.4, 0.5) is 5.69 Å². The normalized spacial score (nSPS) is 9.56. The fraction of sp³-hybridized carbons (Fsp3) is 0.308. The summed E-state index contributed by atoms with van der Waals surface area (Å²) in [4.78, 5) is 2.07. The van der Waals surface area contributed by atoms with E-state index < -0.39 is 0 Å². The highest BCUT2D eigenvalue weighted by molar-refractivity contribution is 6.30. The molecule has 16 heavy (non-hydrogen) atoms. The van der Waals surface area contributed by atoms with Crippen molar-refractivity contribution in [3.05, 3.63) is 41.4 Å². The predicted octanol–water partition coefficient (Wildman–Crippen LogP) is 3.61. The Bertz CT molecular complexity index is 407. The first-order chi connectivity index (χ1) is 7.69. The van der Waals surface area contributed by atoms with Gasteiger partial charge in [-0.3, -0.25) is 0 Å². The summed E-state index contributed by atoms with van der Waals surface area (Å²) in [5.74, 6) is 0. The van der Waals surface area contributed by atoms with Gasteiger partial charge in [0.2, 0.25) is 0 Å². The molecule has 0 fully saturated rings. The molecule has 0 heterocycles. The lowest BCUT2D eigenvalue weighted by molar-refractivity contribution is 0.801. The summed E-state index contributed by atoms with van der Waals surface area (Å²) in [6.07, 6.45) is 3.92. The molecule has 0 amide bonds. The first kappa shape index (κ1) is 12.6. The molecule has 1 rings (SSSR count). The van der Waals surface area contributed by atoms with Gasteiger partial charge in [-0.05, 0) is 31.0 Å². The minimum atomic E-state index is 0.597. The van der Waals surface area contributed by atoms with Crippen molar-refractivity contribution < 1.29 is 0 Å². The van der Waals surface area contributed by atoms with Crippen LogP contribution in [-0.4, -0.2) is 13.6 Å². The monoisotopic (exact) mass is 234 g/mol. The quantitative estimate of drug-likeness (QED) is 0.575. The Morgan fingerprint density at radius 1 is 1.56 bits per heavy atom. The van der Waals surface area contributed by atoms with Crippen molar-refractivity contribution in [2.75, 3.05) is 18.5 Å². The van der Waals surface area contributed by atoms with Gasteiger partial charge in [-0.25, -0.2) is 0 Å². The molecule has 0 atom stereocenters. The summed E-state index contributed by atoms with van der Waals surface area (Å²) in [6, 6.07) is 7.55. The van der Waals surface area contributed by atoms with Crippen LogP contribution in [0.25, 0.3) is 0 Å². The molecule has 0 aromatic heterocycles. The second-order valence-corrected chi connectivity index (χ2v) is 4.06. The maximum absolute atomic E-state index is 9.01. The number of rotatable bonds is 5. The Morgan fingerprint density at radius 3 is 2.94 bits per heavy atom. The lowest BCUT2D eigenvalue weighted by Gasteiger charge is -2.20. The number of allylic oxidation sites excluding steroid dienone is 1. The van der Waals surface area contributed by atoms with E-state index in [1.807, 2.05) is 25.3 Å². The number of nitrogens with zero attached hydrogens (tertiary/aromatic N) is 2. The third-order valence-corrected chi connectivity index (χ3v) is 2.63. The first-order valence-electron chi connectivity index (χ1n) is 5.20. The maximum atomic E-state index is 9.01. The van der Waals surface area contributed by atoms with Crippen LogP contribution in [0.2, 0.25) is 5.02 Å². The fourth-order valence-corrected chi connectivity index (χ4v) is 1.70. The van der Waals surface area contributed by atoms with Crippen LogP contribution in [-0.2, 0) is 0 Å². The summed E-state index contributed by atoms with van der Waals surface area (Å²) < 4.78 is 0. The molecule has 2 nitrogen and oxygen atoms in total. The zero-order valence-corrected chi connectivity index (χ0v) is 10.2. The van der Waals surface area contributed by atoms with E-state index in [4.69, 9.17) is 16.9 Å². The second-order valence-electron chi connectivity index (χ2n) is 3.63. The molecular formula is C13H15ClN2. The van der Waals surface area contributed by atoms with Crippen LogP contribution < -0.4 is 4.90 Å². The molecule has 1 aromatic rings. The molecule has 0 aliphatic rings. The van der Waals surface area contributed by atoms with Gasteiger partial charge in [-0.1, -0.05) is 17.7 Å². The van der Waals surface area contributed by atoms with E-state index in [-0.39, 0.29) is 0 Å². The predicted molar refractivity (Wildman–Crippen MR) is 68.9 cm³/mol. The van der Waals surface area contributed by atoms with E-state index in [0.717, 1.165) is 25.1 Å². The number of anilines is 1. The van der Waals surface area contributed by atoms with Crippen molar-refractivity contribution in [1.29, 1.82) is 5.26 Å². The van der Waals surface area contributed by atoms with Crippen molar-refractivity contribution in [3.63, 3.8) is 0 Å². The van der Waals surface area contributed by atoms with Gasteiger partial charge >= 0.3 is 0 Å². The zero-order valence-electron chi connectivity index (χ0n) is 9.41. The highest BCUT2D eigenvalue weighted by atomic mass is 35.5. The van der Waals surface area contributed by atoms with Gasteiger partial charge in [0.15, 0.2) is 0 Å². The van der Waals surface area contributed by atoms with Crippen molar-refractivity contribution in [2.24, 2.45) is 0 Å². The van der Waals surface area contributed by atoms with Gasteiger partial charge in [0, 0.05) is 18.6 Å². The van der Waals surface area contributed by atoms with Gasteiger partial charge in [0.25, 0.3) is 0 Å². The van der Waals surface area contributed by atoms with E-state index in [0.29, 0.717) is 10.6 Å². The van der Waals surface area contributed by atoms with Gasteiger partial charge in [-0.15, -0.1) is 6.58 Å². The number of hydrogen-bond donors (Lipinski definition) is 0. The lowest BCUT2D eigenvalue weighted by atomic mass is 10.1. The van der Waals surface area contributed by atoms with E-state index in [2.05, 4.69) is 17.5 Å². The number of unbranched alkanes of at least 4 members (excludes halogenated alkanes) is 1. The van der Waals surface area contributed by atoms with Crippen molar-refractivity contribution in [3.8, 4) is 6.07 Å². The lowest BCUT2D eigenvalue weighted by Crippen LogP contribution is -2.19. The van der Waals surface area contributed by atoms with E-state index in [1.165, 1.54) is 0 Å². The number of halogens is 1. The Hall–Kier alpha value is -1.46. The van der Waals surface area contributed by atoms with Crippen LogP contribution in [0.1, 0.15) is 18.4 Å². The van der Waals surface area contributed by atoms with Gasteiger partial charge in [0.05, 0.1) is 11.3 Å². The Labute approximate surface area is 102 Å². The Kier molecular flexibility index (Phi) is 4.88. The number of benzene rings is 1. The summed E-state index contributed by atoms with van der Waals surface area (Å²) in [6.45, 7) is 4.59. The van der Waals surface area contributed by atoms with Gasteiger partial charge in [0.1, 0.15) is 6.07 Å². The minimum Gasteiger partial charge on any atom is -0.374 e. The van der Waals surface area contributed by atoms with E-state index >= 15 is 0 Å². The molecule has 1 aromatic carbocycles. The Morgan fingerprint density at radius 2 is 2.31 bits per heavy atom. The van der Waals surface area contributed by atoms with Crippen molar-refractivity contribution >= 4 is 17.3 Å². The molecule has 0 spiro atoms. The molecule has 0 unspecified atom stereocenters. The summed E-state index contributed by atoms with van der Waals surface area (Å²) in [7, 11) is 1.98. The molecule has 0 radical (unpaired) electrons. The van der Waals surface area contributed by atoms with Crippen LogP contribution >= 0.6 is 11.6 Å². The van der Waals surface area contributed by atoms with Crippen molar-refractivity contribution in [1.82, 2.24) is 0 Å². The fourth-order valence-electron chi connectivity index (χ4n) is 1.52. The third-order valence-electron chi connectivity index (χ3n) is 2.39. The number of nitriles is 1. The van der Waals surface area contributed by atoms with E-state index in [9.17, 15) is 0 Å². The second kappa shape index (κ2) is 6.19.